The first kappa shape index (κ1) is 20.5. The van der Waals surface area contributed by atoms with Crippen LogP contribution in [0.4, 0.5) is 0 Å². The third kappa shape index (κ3) is 4.26. The topological polar surface area (TPSA) is 78.2 Å². The second kappa shape index (κ2) is 8.95. The van der Waals surface area contributed by atoms with E-state index in [9.17, 15) is 9.59 Å². The Bertz CT molecular complexity index is 1300. The Labute approximate surface area is 179 Å². The molecule has 0 bridgehead atoms. The lowest BCUT2D eigenvalue weighted by atomic mass is 10.1. The van der Waals surface area contributed by atoms with Gasteiger partial charge in [-0.2, -0.15) is 0 Å². The first-order chi connectivity index (χ1) is 15.1. The zero-order valence-corrected chi connectivity index (χ0v) is 17.6. The van der Waals surface area contributed by atoms with Crippen molar-refractivity contribution in [2.75, 3.05) is 13.7 Å². The quantitative estimate of drug-likeness (QED) is 0.445. The molecule has 2 aromatic heterocycles. The van der Waals surface area contributed by atoms with Crippen molar-refractivity contribution in [2.45, 2.75) is 19.4 Å². The van der Waals surface area contributed by atoms with Crippen LogP contribution in [0.15, 0.2) is 70.3 Å². The lowest BCUT2D eigenvalue weighted by Crippen LogP contribution is -2.26. The van der Waals surface area contributed by atoms with Crippen molar-refractivity contribution in [1.29, 1.82) is 0 Å². The summed E-state index contributed by atoms with van der Waals surface area (Å²) in [6.45, 7) is 0.802. The molecule has 0 aliphatic heterocycles. The van der Waals surface area contributed by atoms with Gasteiger partial charge in [-0.3, -0.25) is 19.4 Å². The van der Waals surface area contributed by atoms with Crippen LogP contribution in [0, 0.1) is 0 Å². The molecule has 0 fully saturated rings. The predicted octanol–water partition coefficient (Wildman–Crippen LogP) is 3.10. The zero-order valence-electron chi connectivity index (χ0n) is 17.6. The summed E-state index contributed by atoms with van der Waals surface area (Å²) >= 11 is 0. The van der Waals surface area contributed by atoms with Gasteiger partial charge in [0.1, 0.15) is 11.5 Å². The van der Waals surface area contributed by atoms with Crippen molar-refractivity contribution in [3.05, 3.63) is 92.6 Å². The molecule has 7 heteroatoms. The molecule has 0 radical (unpaired) electrons. The highest BCUT2D eigenvalue weighted by molar-refractivity contribution is 5.80. The minimum absolute atomic E-state index is 0.150. The van der Waals surface area contributed by atoms with Crippen LogP contribution in [-0.2, 0) is 20.0 Å². The van der Waals surface area contributed by atoms with E-state index in [0.717, 1.165) is 11.3 Å². The monoisotopic (exact) mass is 419 g/mol. The largest absolute Gasteiger partial charge is 0.496 e. The molecular formula is C24H25N3O4. The molecule has 0 spiro atoms. The molecule has 7 nitrogen and oxygen atoms in total. The number of para-hydroxylation sites is 2. The lowest BCUT2D eigenvalue weighted by Gasteiger charge is -2.16. The summed E-state index contributed by atoms with van der Waals surface area (Å²) in [5.41, 5.74) is 1.81. The van der Waals surface area contributed by atoms with Gasteiger partial charge in [0.2, 0.25) is 0 Å². The maximum absolute atomic E-state index is 13.0. The molecule has 0 atom stereocenters. The molecular weight excluding hydrogens is 394 g/mol. The van der Waals surface area contributed by atoms with E-state index in [1.54, 1.807) is 18.7 Å². The first-order valence-electron chi connectivity index (χ1n) is 10.2. The van der Waals surface area contributed by atoms with E-state index < -0.39 is 0 Å². The predicted molar refractivity (Wildman–Crippen MR) is 120 cm³/mol. The molecule has 0 amide bonds. The number of aromatic amines is 1. The Hall–Kier alpha value is -3.74. The number of H-pyrrole nitrogens is 1. The fraction of sp³-hybridized carbons (Fsp3) is 0.250. The number of hydrogen-bond donors (Lipinski definition) is 1. The lowest BCUT2D eigenvalue weighted by molar-refractivity contribution is 0.310. The van der Waals surface area contributed by atoms with Crippen LogP contribution in [0.1, 0.15) is 17.7 Å². The van der Waals surface area contributed by atoms with E-state index >= 15 is 0 Å². The molecule has 2 aromatic carbocycles. The highest BCUT2D eigenvalue weighted by Gasteiger charge is 2.17. The molecule has 0 unspecified atom stereocenters. The van der Waals surface area contributed by atoms with E-state index in [1.165, 1.54) is 10.7 Å². The number of benzene rings is 2. The molecule has 31 heavy (non-hydrogen) atoms. The summed E-state index contributed by atoms with van der Waals surface area (Å²) in [5.74, 6) is 1.50. The number of fused-ring (bicyclic) bond motifs is 1. The minimum Gasteiger partial charge on any atom is -0.496 e. The van der Waals surface area contributed by atoms with Crippen molar-refractivity contribution < 1.29 is 9.47 Å². The van der Waals surface area contributed by atoms with E-state index in [2.05, 4.69) is 5.10 Å². The van der Waals surface area contributed by atoms with Gasteiger partial charge >= 0.3 is 0 Å². The van der Waals surface area contributed by atoms with Gasteiger partial charge in [-0.1, -0.05) is 36.4 Å². The second-order valence-electron chi connectivity index (χ2n) is 7.36. The smallest absolute Gasteiger partial charge is 0.275 e. The van der Waals surface area contributed by atoms with Crippen LogP contribution in [-0.4, -0.2) is 28.1 Å². The van der Waals surface area contributed by atoms with Gasteiger partial charge in [-0.05, 0) is 31.0 Å². The van der Waals surface area contributed by atoms with Crippen molar-refractivity contribution >= 4 is 10.9 Å². The number of methoxy groups -OCH3 is 1. The number of rotatable bonds is 8. The van der Waals surface area contributed by atoms with Gasteiger partial charge in [0.25, 0.3) is 11.1 Å². The van der Waals surface area contributed by atoms with E-state index in [4.69, 9.17) is 9.47 Å². The number of nitrogens with zero attached hydrogens (tertiary/aromatic N) is 2. The normalized spacial score (nSPS) is 11.0. The molecule has 4 aromatic rings. The Morgan fingerprint density at radius 1 is 1.00 bits per heavy atom. The summed E-state index contributed by atoms with van der Waals surface area (Å²) in [4.78, 5) is 25.8. The number of aryl methyl sites for hydroxylation is 2. The van der Waals surface area contributed by atoms with Crippen LogP contribution >= 0.6 is 0 Å². The Morgan fingerprint density at radius 3 is 2.52 bits per heavy atom. The van der Waals surface area contributed by atoms with Gasteiger partial charge in [0.05, 0.1) is 31.2 Å². The minimum atomic E-state index is -0.167. The van der Waals surface area contributed by atoms with E-state index in [0.29, 0.717) is 48.3 Å². The van der Waals surface area contributed by atoms with E-state index in [-0.39, 0.29) is 11.1 Å². The average molecular weight is 419 g/mol. The number of ether oxygens (including phenoxy) is 2. The molecule has 0 saturated carbocycles. The van der Waals surface area contributed by atoms with Crippen LogP contribution in [0.25, 0.3) is 10.9 Å². The van der Waals surface area contributed by atoms with Crippen LogP contribution in [0.3, 0.4) is 0 Å². The fourth-order valence-electron chi connectivity index (χ4n) is 3.81. The summed E-state index contributed by atoms with van der Waals surface area (Å²) in [6, 6.07) is 18.6. The van der Waals surface area contributed by atoms with Gasteiger partial charge in [-0.15, -0.1) is 0 Å². The molecule has 160 valence electrons. The van der Waals surface area contributed by atoms with Crippen molar-refractivity contribution in [3.8, 4) is 11.5 Å². The summed E-state index contributed by atoms with van der Waals surface area (Å²) in [7, 11) is 3.26. The summed E-state index contributed by atoms with van der Waals surface area (Å²) in [6.07, 6.45) is 1.19. The molecule has 4 rings (SSSR count). The Morgan fingerprint density at radius 2 is 1.74 bits per heavy atom. The molecule has 1 N–H and O–H groups in total. The standard InChI is InChI=1S/C24H25N3O4/c1-26-24(29)23-19(25-26)15-22(28)27(16-17-9-6-7-13-21(17)30-2)20(23)12-8-14-31-18-10-4-3-5-11-18/h3-7,9-11,13,15,25H,8,12,14,16H2,1-2H3. The van der Waals surface area contributed by atoms with Crippen molar-refractivity contribution in [3.63, 3.8) is 0 Å². The van der Waals surface area contributed by atoms with Gasteiger partial charge in [0.15, 0.2) is 0 Å². The highest BCUT2D eigenvalue weighted by Crippen LogP contribution is 2.21. The van der Waals surface area contributed by atoms with Crippen LogP contribution < -0.4 is 20.6 Å². The SMILES string of the molecule is COc1ccccc1Cn1c(CCCOc2ccccc2)c2c(=O)n(C)[nH]c2cc1=O. The number of hydrogen-bond acceptors (Lipinski definition) is 4. The van der Waals surface area contributed by atoms with Crippen LogP contribution in [0.5, 0.6) is 11.5 Å². The highest BCUT2D eigenvalue weighted by atomic mass is 16.5. The van der Waals surface area contributed by atoms with E-state index in [1.807, 2.05) is 54.6 Å². The third-order valence-corrected chi connectivity index (χ3v) is 5.32. The molecule has 0 aliphatic rings. The second-order valence-corrected chi connectivity index (χ2v) is 7.36. The molecule has 0 aliphatic carbocycles. The Kier molecular flexibility index (Phi) is 5.93. The zero-order chi connectivity index (χ0) is 21.8. The number of nitrogens with one attached hydrogen (secondary N) is 1. The Balaban J connectivity index is 1.69. The third-order valence-electron chi connectivity index (χ3n) is 5.32. The molecule has 2 heterocycles. The maximum Gasteiger partial charge on any atom is 0.275 e. The van der Waals surface area contributed by atoms with Gasteiger partial charge < -0.3 is 14.0 Å². The first-order valence-corrected chi connectivity index (χ1v) is 10.2. The van der Waals surface area contributed by atoms with Crippen LogP contribution in [0.2, 0.25) is 0 Å². The van der Waals surface area contributed by atoms with Crippen molar-refractivity contribution in [1.82, 2.24) is 14.3 Å². The maximum atomic E-state index is 13.0. The number of pyridine rings is 1. The fourth-order valence-corrected chi connectivity index (χ4v) is 3.81. The van der Waals surface area contributed by atoms with Crippen molar-refractivity contribution in [2.24, 2.45) is 7.05 Å². The summed E-state index contributed by atoms with van der Waals surface area (Å²) in [5, 5.41) is 3.51. The molecule has 0 saturated heterocycles. The van der Waals surface area contributed by atoms with Gasteiger partial charge in [0, 0.05) is 24.4 Å². The average Bonchev–Trinajstić information content (AvgIpc) is 3.07. The van der Waals surface area contributed by atoms with Gasteiger partial charge in [-0.25, -0.2) is 0 Å². The summed E-state index contributed by atoms with van der Waals surface area (Å²) < 4.78 is 14.3. The number of aromatic nitrogens is 3.